The van der Waals surface area contributed by atoms with Crippen LogP contribution in [-0.2, 0) is 19.3 Å². The van der Waals surface area contributed by atoms with Crippen molar-refractivity contribution in [1.82, 2.24) is 4.98 Å². The van der Waals surface area contributed by atoms with Crippen molar-refractivity contribution in [2.24, 2.45) is 0 Å². The summed E-state index contributed by atoms with van der Waals surface area (Å²) in [7, 11) is 0. The molecule has 0 radical (unpaired) electrons. The Labute approximate surface area is 127 Å². The largest absolute Gasteiger partial charge is 0.493 e. The molecule has 1 aromatic heterocycles. The number of ether oxygens (including phenoxy) is 1. The highest BCUT2D eigenvalue weighted by Gasteiger charge is 2.14. The Morgan fingerprint density at radius 3 is 2.71 bits per heavy atom. The molecule has 0 saturated carbocycles. The van der Waals surface area contributed by atoms with Crippen LogP contribution >= 0.6 is 11.3 Å². The van der Waals surface area contributed by atoms with E-state index in [0.717, 1.165) is 17.8 Å². The van der Waals surface area contributed by atoms with E-state index >= 15 is 0 Å². The standard InChI is InChI=1S/C16H17NO3S/c18-16(19)11-5-7-12(8-6-11)20-10-9-15-17-13-3-1-2-4-14(13)21-15/h5-8H,1-4,9-10H2,(H,18,19). The highest BCUT2D eigenvalue weighted by molar-refractivity contribution is 7.11. The van der Waals surface area contributed by atoms with Gasteiger partial charge in [-0.25, -0.2) is 9.78 Å². The molecular formula is C16H17NO3S. The first-order valence-corrected chi connectivity index (χ1v) is 7.97. The van der Waals surface area contributed by atoms with Crippen LogP contribution in [0, 0.1) is 0 Å². The van der Waals surface area contributed by atoms with Gasteiger partial charge in [-0.1, -0.05) is 0 Å². The number of nitrogens with zero attached hydrogens (tertiary/aromatic N) is 1. The zero-order chi connectivity index (χ0) is 14.7. The van der Waals surface area contributed by atoms with E-state index in [-0.39, 0.29) is 5.56 Å². The normalized spacial score (nSPS) is 13.7. The van der Waals surface area contributed by atoms with E-state index in [4.69, 9.17) is 9.84 Å². The van der Waals surface area contributed by atoms with Crippen molar-refractivity contribution in [3.63, 3.8) is 0 Å². The summed E-state index contributed by atoms with van der Waals surface area (Å²) >= 11 is 1.81. The topological polar surface area (TPSA) is 59.4 Å². The van der Waals surface area contributed by atoms with Gasteiger partial charge in [0, 0.05) is 11.3 Å². The van der Waals surface area contributed by atoms with Crippen molar-refractivity contribution in [2.45, 2.75) is 32.1 Å². The Hall–Kier alpha value is -1.88. The van der Waals surface area contributed by atoms with Gasteiger partial charge in [-0.15, -0.1) is 11.3 Å². The van der Waals surface area contributed by atoms with Crippen LogP contribution in [0.2, 0.25) is 0 Å². The Bertz CT molecular complexity index is 610. The fourth-order valence-corrected chi connectivity index (χ4v) is 3.60. The Kier molecular flexibility index (Phi) is 4.20. The first-order chi connectivity index (χ1) is 10.2. The number of fused-ring (bicyclic) bond motifs is 1. The highest BCUT2D eigenvalue weighted by atomic mass is 32.1. The van der Waals surface area contributed by atoms with Crippen molar-refractivity contribution >= 4 is 17.3 Å². The minimum absolute atomic E-state index is 0.273. The molecule has 1 aliphatic carbocycles. The lowest BCUT2D eigenvalue weighted by molar-refractivity contribution is 0.0697. The molecule has 1 heterocycles. The first-order valence-electron chi connectivity index (χ1n) is 7.16. The number of hydrogen-bond donors (Lipinski definition) is 1. The zero-order valence-corrected chi connectivity index (χ0v) is 12.5. The molecule has 110 valence electrons. The number of thiazole rings is 1. The summed E-state index contributed by atoms with van der Waals surface area (Å²) in [4.78, 5) is 16.9. The molecule has 0 atom stereocenters. The van der Waals surface area contributed by atoms with Crippen LogP contribution in [0.15, 0.2) is 24.3 Å². The van der Waals surface area contributed by atoms with E-state index in [1.807, 2.05) is 11.3 Å². The molecule has 2 aromatic rings. The van der Waals surface area contributed by atoms with Crippen LogP contribution < -0.4 is 4.74 Å². The molecule has 1 aliphatic rings. The summed E-state index contributed by atoms with van der Waals surface area (Å²) in [6.07, 6.45) is 5.62. The highest BCUT2D eigenvalue weighted by Crippen LogP contribution is 2.27. The maximum atomic E-state index is 10.8. The Morgan fingerprint density at radius 1 is 1.24 bits per heavy atom. The number of carbonyl (C=O) groups is 1. The molecule has 0 spiro atoms. The van der Waals surface area contributed by atoms with Crippen molar-refractivity contribution in [1.29, 1.82) is 0 Å². The maximum Gasteiger partial charge on any atom is 0.335 e. The number of aryl methyl sites for hydroxylation is 2. The van der Waals surface area contributed by atoms with E-state index < -0.39 is 5.97 Å². The van der Waals surface area contributed by atoms with E-state index in [1.165, 1.54) is 29.8 Å². The van der Waals surface area contributed by atoms with Gasteiger partial charge >= 0.3 is 5.97 Å². The molecule has 3 rings (SSSR count). The third kappa shape index (κ3) is 3.42. The van der Waals surface area contributed by atoms with Crippen molar-refractivity contribution < 1.29 is 14.6 Å². The minimum Gasteiger partial charge on any atom is -0.493 e. The zero-order valence-electron chi connectivity index (χ0n) is 11.7. The second-order valence-electron chi connectivity index (χ2n) is 5.11. The molecule has 0 unspecified atom stereocenters. The smallest absolute Gasteiger partial charge is 0.335 e. The van der Waals surface area contributed by atoms with Crippen LogP contribution in [0.25, 0.3) is 0 Å². The van der Waals surface area contributed by atoms with Gasteiger partial charge < -0.3 is 9.84 Å². The van der Waals surface area contributed by atoms with Crippen LogP contribution in [-0.4, -0.2) is 22.7 Å². The lowest BCUT2D eigenvalue weighted by Crippen LogP contribution is -2.02. The number of carboxylic acids is 1. The third-order valence-electron chi connectivity index (χ3n) is 3.58. The molecule has 0 bridgehead atoms. The molecule has 1 aromatic carbocycles. The molecular weight excluding hydrogens is 286 g/mol. The van der Waals surface area contributed by atoms with Crippen molar-refractivity contribution in [3.05, 3.63) is 45.4 Å². The molecule has 0 fully saturated rings. The molecule has 0 aliphatic heterocycles. The molecule has 0 saturated heterocycles. The number of benzene rings is 1. The van der Waals surface area contributed by atoms with Crippen molar-refractivity contribution in [2.75, 3.05) is 6.61 Å². The number of hydrogen-bond acceptors (Lipinski definition) is 4. The lowest BCUT2D eigenvalue weighted by Gasteiger charge is -2.06. The maximum absolute atomic E-state index is 10.8. The number of rotatable bonds is 5. The molecule has 4 nitrogen and oxygen atoms in total. The van der Waals surface area contributed by atoms with E-state index in [2.05, 4.69) is 4.98 Å². The lowest BCUT2D eigenvalue weighted by atomic mass is 10.0. The van der Waals surface area contributed by atoms with E-state index in [0.29, 0.717) is 12.4 Å². The van der Waals surface area contributed by atoms with Gasteiger partial charge in [-0.05, 0) is 49.9 Å². The van der Waals surface area contributed by atoms with Crippen LogP contribution in [0.5, 0.6) is 5.75 Å². The summed E-state index contributed by atoms with van der Waals surface area (Å²) < 4.78 is 5.65. The predicted octanol–water partition coefficient (Wildman–Crippen LogP) is 3.34. The Morgan fingerprint density at radius 2 is 2.00 bits per heavy atom. The van der Waals surface area contributed by atoms with Crippen LogP contribution in [0.3, 0.4) is 0 Å². The fraction of sp³-hybridized carbons (Fsp3) is 0.375. The summed E-state index contributed by atoms with van der Waals surface area (Å²) in [6.45, 7) is 0.568. The van der Waals surface area contributed by atoms with Gasteiger partial charge in [0.2, 0.25) is 0 Å². The van der Waals surface area contributed by atoms with Gasteiger partial charge in [0.15, 0.2) is 0 Å². The van der Waals surface area contributed by atoms with Gasteiger partial charge in [0.05, 0.1) is 22.9 Å². The summed E-state index contributed by atoms with van der Waals surface area (Å²) in [5.74, 6) is -0.226. The average molecular weight is 303 g/mol. The third-order valence-corrected chi connectivity index (χ3v) is 4.79. The number of aromatic carboxylic acids is 1. The summed E-state index contributed by atoms with van der Waals surface area (Å²) in [5, 5.41) is 9.98. The number of aromatic nitrogens is 1. The SMILES string of the molecule is O=C(O)c1ccc(OCCc2nc3c(s2)CCCC3)cc1. The quantitative estimate of drug-likeness (QED) is 0.920. The summed E-state index contributed by atoms with van der Waals surface area (Å²) in [6, 6.07) is 6.49. The monoisotopic (exact) mass is 303 g/mol. The Balaban J connectivity index is 1.53. The second kappa shape index (κ2) is 6.26. The fourth-order valence-electron chi connectivity index (χ4n) is 2.46. The summed E-state index contributed by atoms with van der Waals surface area (Å²) in [5.41, 5.74) is 1.56. The van der Waals surface area contributed by atoms with Gasteiger partial charge in [0.1, 0.15) is 5.75 Å². The molecule has 1 N–H and O–H groups in total. The van der Waals surface area contributed by atoms with Gasteiger partial charge in [-0.2, -0.15) is 0 Å². The minimum atomic E-state index is -0.921. The van der Waals surface area contributed by atoms with E-state index in [1.54, 1.807) is 24.3 Å². The van der Waals surface area contributed by atoms with Crippen LogP contribution in [0.1, 0.15) is 38.8 Å². The van der Waals surface area contributed by atoms with E-state index in [9.17, 15) is 4.79 Å². The van der Waals surface area contributed by atoms with Crippen LogP contribution in [0.4, 0.5) is 0 Å². The van der Waals surface area contributed by atoms with Gasteiger partial charge in [-0.3, -0.25) is 0 Å². The molecule has 21 heavy (non-hydrogen) atoms. The molecule has 0 amide bonds. The van der Waals surface area contributed by atoms with Crippen molar-refractivity contribution in [3.8, 4) is 5.75 Å². The second-order valence-corrected chi connectivity index (χ2v) is 6.28. The molecule has 5 heteroatoms. The predicted molar refractivity (Wildman–Crippen MR) is 81.4 cm³/mol. The van der Waals surface area contributed by atoms with Gasteiger partial charge in [0.25, 0.3) is 0 Å². The number of carboxylic acid groups (broad SMARTS) is 1. The first kappa shape index (κ1) is 14.1. The average Bonchev–Trinajstić information content (AvgIpc) is 2.90.